The van der Waals surface area contributed by atoms with E-state index >= 15 is 0 Å². The molecule has 8 rings (SSSR count). The zero-order valence-electron chi connectivity index (χ0n) is 40.7. The van der Waals surface area contributed by atoms with Gasteiger partial charge in [0.15, 0.2) is 16.8 Å². The van der Waals surface area contributed by atoms with Gasteiger partial charge in [0, 0.05) is 11.1 Å². The number of nitrogens with zero attached hydrogens (tertiary/aromatic N) is 9. The van der Waals surface area contributed by atoms with E-state index in [4.69, 9.17) is 34.8 Å². The second kappa shape index (κ2) is 19.7. The molecule has 386 valence electrons. The summed E-state index contributed by atoms with van der Waals surface area (Å²) in [6.45, 7) is 16.7. The summed E-state index contributed by atoms with van der Waals surface area (Å²) in [4.78, 5) is 15.5. The molecule has 4 heterocycles. The summed E-state index contributed by atoms with van der Waals surface area (Å²) in [6, 6.07) is 15.9. The van der Waals surface area contributed by atoms with Crippen LogP contribution in [0, 0.1) is 59.8 Å². The number of nitriles is 1. The fourth-order valence-corrected chi connectivity index (χ4v) is 13.8. The third-order valence-electron chi connectivity index (χ3n) is 11.6. The zero-order chi connectivity index (χ0) is 54.1. The highest BCUT2D eigenvalue weighted by molar-refractivity contribution is 7.95. The number of rotatable bonds is 14. The minimum atomic E-state index is -4.85. The average Bonchev–Trinajstić information content (AvgIpc) is 4.01. The minimum absolute atomic E-state index is 0.0320. The van der Waals surface area contributed by atoms with E-state index < -0.39 is 45.6 Å². The average molecular weight is 1120 g/mol. The number of aromatic nitrogens is 5. The summed E-state index contributed by atoms with van der Waals surface area (Å²) in [6.07, 6.45) is 0. The molecule has 0 spiro atoms. The van der Waals surface area contributed by atoms with Gasteiger partial charge in [-0.25, -0.2) is 20.2 Å². The topological polar surface area (TPSA) is 322 Å². The molecule has 0 saturated heterocycles. The molecule has 74 heavy (non-hydrogen) atoms. The highest BCUT2D eigenvalue weighted by Gasteiger charge is 2.32. The Morgan fingerprint density at radius 2 is 1.43 bits per heavy atom. The lowest BCUT2D eigenvalue weighted by atomic mass is 9.90. The Labute approximate surface area is 436 Å². The van der Waals surface area contributed by atoms with E-state index in [9.17, 15) is 44.2 Å². The Bertz CT molecular complexity index is 4070. The van der Waals surface area contributed by atoms with Crippen LogP contribution >= 0.6 is 34.7 Å². The first-order valence-corrected chi connectivity index (χ1v) is 28.4. The second-order valence-electron chi connectivity index (χ2n) is 18.0. The lowest BCUT2D eigenvalue weighted by Crippen LogP contribution is -2.17. The van der Waals surface area contributed by atoms with Gasteiger partial charge in [-0.1, -0.05) is 66.7 Å². The van der Waals surface area contributed by atoms with Gasteiger partial charge in [-0.05, 0) is 124 Å². The van der Waals surface area contributed by atoms with E-state index in [2.05, 4.69) is 21.5 Å². The fraction of sp³-hybridized carbons (Fsp3) is 0.239. The fourth-order valence-electron chi connectivity index (χ4n) is 8.69. The van der Waals surface area contributed by atoms with Crippen molar-refractivity contribution in [3.05, 3.63) is 105 Å². The first-order valence-electron chi connectivity index (χ1n) is 21.7. The van der Waals surface area contributed by atoms with Crippen molar-refractivity contribution in [2.75, 3.05) is 10.2 Å². The van der Waals surface area contributed by atoms with E-state index in [0.29, 0.717) is 47.7 Å². The predicted octanol–water partition coefficient (Wildman–Crippen LogP) is 11.6. The maximum atomic E-state index is 13.0. The van der Waals surface area contributed by atoms with Crippen LogP contribution in [0.2, 0.25) is 0 Å². The van der Waals surface area contributed by atoms with Crippen molar-refractivity contribution in [2.24, 2.45) is 10.2 Å². The van der Waals surface area contributed by atoms with Gasteiger partial charge in [-0.15, -0.1) is 14.6 Å². The van der Waals surface area contributed by atoms with Crippen molar-refractivity contribution < 1.29 is 53.5 Å². The van der Waals surface area contributed by atoms with Crippen LogP contribution in [-0.4, -0.2) is 68.9 Å². The summed E-state index contributed by atoms with van der Waals surface area (Å²) in [5, 5.41) is 41.3. The Morgan fingerprint density at radius 1 is 0.770 bits per heavy atom. The van der Waals surface area contributed by atoms with Crippen LogP contribution in [0.15, 0.2) is 84.4 Å². The van der Waals surface area contributed by atoms with Gasteiger partial charge in [0.2, 0.25) is 5.13 Å². The summed E-state index contributed by atoms with van der Waals surface area (Å²) in [5.74, 6) is -0.0654. The Hall–Kier alpha value is -6.33. The van der Waals surface area contributed by atoms with E-state index in [-0.39, 0.29) is 77.5 Å². The Morgan fingerprint density at radius 3 is 2.05 bits per heavy atom. The van der Waals surface area contributed by atoms with Gasteiger partial charge in [0.1, 0.15) is 32.9 Å². The highest BCUT2D eigenvalue weighted by atomic mass is 32.2. The zero-order valence-corrected chi connectivity index (χ0v) is 45.6. The normalized spacial score (nSPS) is 12.6. The number of thiazole rings is 2. The second-order valence-corrected chi connectivity index (χ2v) is 24.9. The summed E-state index contributed by atoms with van der Waals surface area (Å²) in [5.41, 5.74) is 2.99. The highest BCUT2D eigenvalue weighted by Crippen LogP contribution is 2.47. The van der Waals surface area contributed by atoms with Crippen LogP contribution in [0.1, 0.15) is 71.0 Å². The van der Waals surface area contributed by atoms with Crippen LogP contribution in [0.3, 0.4) is 0 Å². The van der Waals surface area contributed by atoms with Crippen molar-refractivity contribution in [1.82, 2.24) is 24.7 Å². The molecule has 0 amide bonds. The monoisotopic (exact) mass is 1120 g/mol. The molecule has 4 aromatic carbocycles. The molecule has 0 bridgehead atoms. The lowest BCUT2D eigenvalue weighted by molar-refractivity contribution is -0.432. The number of azo groups is 1. The van der Waals surface area contributed by atoms with Gasteiger partial charge >= 0.3 is 0 Å². The van der Waals surface area contributed by atoms with Crippen molar-refractivity contribution in [2.45, 2.75) is 94.2 Å². The third kappa shape index (κ3) is 10.3. The molecule has 0 fully saturated rings. The summed E-state index contributed by atoms with van der Waals surface area (Å²) < 4.78 is 114. The van der Waals surface area contributed by atoms with Gasteiger partial charge in [0.25, 0.3) is 30.4 Å². The minimum Gasteiger partial charge on any atom is -0.338 e. The first kappa shape index (κ1) is 53.9. The molecule has 22 nitrogen and oxygen atoms in total. The maximum Gasteiger partial charge on any atom is 0.295 e. The van der Waals surface area contributed by atoms with E-state index in [1.54, 1.807) is 57.2 Å². The van der Waals surface area contributed by atoms with Gasteiger partial charge in [-0.3, -0.25) is 18.6 Å². The molecule has 8 aromatic rings. The molecule has 0 aliphatic carbocycles. The van der Waals surface area contributed by atoms with Crippen LogP contribution in [0.25, 0.3) is 25.6 Å². The van der Waals surface area contributed by atoms with Crippen LogP contribution in [0.4, 0.5) is 39.6 Å². The number of benzene rings is 4. The van der Waals surface area contributed by atoms with Crippen LogP contribution in [-0.2, 0) is 45.1 Å². The van der Waals surface area contributed by atoms with Crippen LogP contribution < -0.4 is 10.2 Å². The van der Waals surface area contributed by atoms with Crippen molar-refractivity contribution in [1.29, 1.82) is 5.26 Å². The molecular formula is C46H44N10O12S6. The van der Waals surface area contributed by atoms with Gasteiger partial charge in [0.05, 0.1) is 53.6 Å². The van der Waals surface area contributed by atoms with Crippen molar-refractivity contribution in [3.8, 4) is 11.2 Å². The molecule has 0 radical (unpaired) electrons. The smallest absolute Gasteiger partial charge is 0.295 e. The van der Waals surface area contributed by atoms with Crippen molar-refractivity contribution >= 4 is 125 Å². The van der Waals surface area contributed by atoms with E-state index in [0.717, 1.165) is 23.4 Å². The molecule has 0 unspecified atom stereocenters. The number of hydrogen-bond acceptors (Lipinski definition) is 21. The molecule has 0 atom stereocenters. The molecule has 5 N–H and O–H groups in total. The number of fused-ring (bicyclic) bond motifs is 2. The maximum absolute atomic E-state index is 13.0. The quantitative estimate of drug-likeness (QED) is 0.0222. The number of anilines is 5. The lowest BCUT2D eigenvalue weighted by Gasteiger charge is -2.28. The third-order valence-corrected chi connectivity index (χ3v) is 17.6. The first-order chi connectivity index (χ1) is 34.5. The molecule has 4 aromatic heterocycles. The molecular weight excluding hydrogens is 1080 g/mol. The summed E-state index contributed by atoms with van der Waals surface area (Å²) >= 11 is 2.88. The standard InChI is InChI=1S/C46H44N10O12S6/c1-21-16-24(4)39(73(61,62)63)26(6)35(21)51-42-36(52-53-43-29(20-47)41(46(8,9)10)54-56(43)45-49-31-12-11-13-32(38(31)70-45)71-68-67-57)22(2)18-34(50-42)55(37-23(3)17-25(5)40(27(37)7)74(64,65)66)44-48-30-15-14-28(72(58,59)60)19-33(30)69-44/h11-19,57H,1-10H3,(H,50,51)(H,58,59,60)(H,61,62,63)(H,64,65,66)/b53-52+. The largest absolute Gasteiger partial charge is 0.338 e. The molecule has 0 saturated carbocycles. The van der Waals surface area contributed by atoms with Gasteiger partial charge < -0.3 is 5.32 Å². The van der Waals surface area contributed by atoms with Crippen LogP contribution in [0.5, 0.6) is 0 Å². The van der Waals surface area contributed by atoms with E-state index in [1.165, 1.54) is 66.8 Å². The molecule has 0 aliphatic heterocycles. The molecule has 0 aliphatic rings. The Balaban J connectivity index is 1.43. The molecule has 28 heteroatoms. The van der Waals surface area contributed by atoms with Crippen molar-refractivity contribution in [3.63, 3.8) is 0 Å². The predicted molar refractivity (Wildman–Crippen MR) is 279 cm³/mol. The van der Waals surface area contributed by atoms with E-state index in [1.807, 2.05) is 20.8 Å². The number of nitrogens with one attached hydrogen (secondary N) is 1. The Kier molecular flexibility index (Phi) is 14.4. The number of pyridine rings is 1. The number of hydrogen-bond donors (Lipinski definition) is 5. The van der Waals surface area contributed by atoms with Gasteiger partial charge in [-0.2, -0.15) is 40.3 Å². The summed E-state index contributed by atoms with van der Waals surface area (Å²) in [7, 11) is -14.3. The number of aryl methyl sites for hydroxylation is 5. The SMILES string of the molecule is Cc1cc(N(c2nc3ccc(S(=O)(=O)O)cc3s2)c2c(C)cc(C)c(S(=O)(=O)O)c2C)nc(Nc2c(C)cc(C)c(S(=O)(=O)O)c2C)c1/N=N/c1c(C#N)c(C(C)(C)C)nn1-c1nc2cccc(SOOO)c2s1.